The Labute approximate surface area is 275 Å². The van der Waals surface area contributed by atoms with Gasteiger partial charge in [0.15, 0.2) is 5.82 Å². The molecule has 3 aliphatic heterocycles. The van der Waals surface area contributed by atoms with Crippen molar-refractivity contribution in [2.45, 2.75) is 49.6 Å². The second-order valence-electron chi connectivity index (χ2n) is 13.1. The van der Waals surface area contributed by atoms with Crippen LogP contribution in [0.1, 0.15) is 38.1 Å². The van der Waals surface area contributed by atoms with Crippen LogP contribution in [-0.2, 0) is 4.74 Å². The van der Waals surface area contributed by atoms with Crippen LogP contribution < -0.4 is 15.4 Å². The number of terminal acetylenes is 1. The number of hydrogen-bond donors (Lipinski definition) is 1. The van der Waals surface area contributed by atoms with Crippen LogP contribution in [0.5, 0.6) is 6.01 Å². The molecular formula is C35H32F4N6O2. The molecule has 5 heterocycles. The zero-order chi connectivity index (χ0) is 36.7. The average Bonchev–Trinajstić information content (AvgIpc) is 3.95. The molecule has 0 amide bonds. The molecule has 2 saturated carbocycles. The van der Waals surface area contributed by atoms with Crippen LogP contribution in [0.3, 0.4) is 0 Å². The molecule has 47 heavy (non-hydrogen) atoms. The molecule has 0 unspecified atom stereocenters. The molecule has 2 aromatic heterocycles. The van der Waals surface area contributed by atoms with Crippen molar-refractivity contribution in [1.82, 2.24) is 19.9 Å². The second-order valence-corrected chi connectivity index (χ2v) is 13.1. The standard InChI is InChI=1S/C35H32F4N6O2/c1-2-21-25(37)4-3-18-11-20(40)12-22(26(18)21)29-28(39)30-23(14-41-29)32(45-9-10-46-16-24-27(38)31(24)45)43-33(42-30)47-17-35-13-19(36)15-44(35)8-7-34(35)5-6-34/h1,3-4,11-12,14,19,24,27,31H,5-10,13,15-17,40H2/t19-,24-,27-,31-,35+/m0/s1/i8D2,17D2,19D. The molecule has 1 spiro atoms. The largest absolute Gasteiger partial charge is 0.461 e. The maximum atomic E-state index is 17.1. The summed E-state index contributed by atoms with van der Waals surface area (Å²) in [6.07, 6.45) is 3.00. The fourth-order valence-electron chi connectivity index (χ4n) is 7.82. The molecule has 2 N–H and O–H groups in total. The molecule has 9 rings (SSSR count). The lowest BCUT2D eigenvalue weighted by atomic mass is 9.80. The number of nitrogens with two attached hydrogens (primary N) is 1. The second kappa shape index (κ2) is 10.1. The zero-order valence-corrected chi connectivity index (χ0v) is 25.0. The van der Waals surface area contributed by atoms with Gasteiger partial charge in [-0.3, -0.25) is 9.88 Å². The smallest absolute Gasteiger partial charge is 0.319 e. The molecule has 0 bridgehead atoms. The molecule has 12 heteroatoms. The first-order chi connectivity index (χ1) is 24.5. The lowest BCUT2D eigenvalue weighted by Crippen LogP contribution is -2.49. The summed E-state index contributed by atoms with van der Waals surface area (Å²) in [6, 6.07) is 4.22. The number of hydrogen-bond acceptors (Lipinski definition) is 8. The van der Waals surface area contributed by atoms with Crippen molar-refractivity contribution >= 4 is 33.2 Å². The number of halogens is 4. The van der Waals surface area contributed by atoms with Crippen LogP contribution in [0.15, 0.2) is 30.5 Å². The molecule has 2 aromatic carbocycles. The lowest BCUT2D eigenvalue weighted by molar-refractivity contribution is 0.0639. The number of pyridine rings is 1. The van der Waals surface area contributed by atoms with Crippen LogP contribution in [0.4, 0.5) is 29.1 Å². The predicted octanol–water partition coefficient (Wildman–Crippen LogP) is 5.21. The Bertz CT molecular complexity index is 2250. The molecule has 242 valence electrons. The minimum Gasteiger partial charge on any atom is -0.461 e. The van der Waals surface area contributed by atoms with E-state index in [1.807, 2.05) is 0 Å². The summed E-state index contributed by atoms with van der Waals surface area (Å²) >= 11 is 0. The van der Waals surface area contributed by atoms with Crippen LogP contribution in [0.25, 0.3) is 32.9 Å². The Balaban J connectivity index is 1.24. The third-order valence-electron chi connectivity index (χ3n) is 10.5. The topological polar surface area (TPSA) is 89.6 Å². The van der Waals surface area contributed by atoms with Gasteiger partial charge in [-0.25, -0.2) is 17.6 Å². The number of anilines is 2. The summed E-state index contributed by atoms with van der Waals surface area (Å²) in [5, 5.41) is 0.635. The number of nitrogens with zero attached hydrogens (tertiary/aromatic N) is 5. The average molecular weight is 650 g/mol. The summed E-state index contributed by atoms with van der Waals surface area (Å²) in [6.45, 7) is -5.23. The minimum absolute atomic E-state index is 0.00816. The number of rotatable bonds is 5. The fraction of sp³-hybridized carbons (Fsp3) is 0.457. The minimum atomic E-state index is -2.89. The van der Waals surface area contributed by atoms with E-state index < -0.39 is 84.4 Å². The summed E-state index contributed by atoms with van der Waals surface area (Å²) in [5.74, 6) is 0.0638. The van der Waals surface area contributed by atoms with Gasteiger partial charge in [0.2, 0.25) is 0 Å². The molecule has 4 aromatic rings. The van der Waals surface area contributed by atoms with Crippen molar-refractivity contribution in [3.05, 3.63) is 47.7 Å². The molecule has 3 saturated heterocycles. The number of benzene rings is 2. The van der Waals surface area contributed by atoms with E-state index in [1.54, 1.807) is 11.0 Å². The van der Waals surface area contributed by atoms with E-state index in [1.165, 1.54) is 24.4 Å². The van der Waals surface area contributed by atoms with E-state index in [2.05, 4.69) is 20.9 Å². The van der Waals surface area contributed by atoms with Crippen LogP contribution in [0.2, 0.25) is 0 Å². The van der Waals surface area contributed by atoms with Gasteiger partial charge in [0.05, 0.1) is 39.9 Å². The summed E-state index contributed by atoms with van der Waals surface area (Å²) in [5.41, 5.74) is 2.66. The van der Waals surface area contributed by atoms with E-state index in [9.17, 15) is 7.13 Å². The maximum Gasteiger partial charge on any atom is 0.319 e. The van der Waals surface area contributed by atoms with Gasteiger partial charge in [-0.05, 0) is 54.8 Å². The first-order valence-electron chi connectivity index (χ1n) is 18.0. The highest BCUT2D eigenvalue weighted by atomic mass is 19.1. The Kier molecular flexibility index (Phi) is 5.18. The monoisotopic (exact) mass is 649 g/mol. The van der Waals surface area contributed by atoms with E-state index in [0.717, 1.165) is 4.90 Å². The molecular weight excluding hydrogens is 612 g/mol. The third kappa shape index (κ3) is 4.18. The van der Waals surface area contributed by atoms with Crippen molar-refractivity contribution in [3.8, 4) is 29.6 Å². The van der Waals surface area contributed by atoms with Crippen molar-refractivity contribution in [1.29, 1.82) is 0 Å². The van der Waals surface area contributed by atoms with E-state index in [0.29, 0.717) is 18.2 Å². The number of ether oxygens (including phenoxy) is 2. The molecule has 2 aliphatic carbocycles. The van der Waals surface area contributed by atoms with Gasteiger partial charge in [-0.2, -0.15) is 9.97 Å². The number of alkyl halides is 2. The first-order valence-corrected chi connectivity index (χ1v) is 15.5. The molecule has 5 atom stereocenters. The highest BCUT2D eigenvalue weighted by Crippen LogP contribution is 2.66. The number of aromatic nitrogens is 3. The van der Waals surface area contributed by atoms with Gasteiger partial charge >= 0.3 is 6.01 Å². The highest BCUT2D eigenvalue weighted by molar-refractivity contribution is 6.03. The van der Waals surface area contributed by atoms with Gasteiger partial charge < -0.3 is 20.1 Å². The van der Waals surface area contributed by atoms with Crippen LogP contribution in [-0.4, -0.2) is 83.1 Å². The van der Waals surface area contributed by atoms with Crippen LogP contribution >= 0.6 is 0 Å². The number of nitrogen functional groups attached to an aromatic ring is 1. The van der Waals surface area contributed by atoms with Crippen molar-refractivity contribution < 1.29 is 33.9 Å². The van der Waals surface area contributed by atoms with Crippen LogP contribution in [0, 0.1) is 35.3 Å². The van der Waals surface area contributed by atoms with Crippen molar-refractivity contribution in [3.63, 3.8) is 0 Å². The Hall–Kier alpha value is -4.21. The van der Waals surface area contributed by atoms with E-state index in [-0.39, 0.29) is 65.3 Å². The Morgan fingerprint density at radius 3 is 2.89 bits per heavy atom. The SMILES string of the molecule is [2H]C1([2H])CC2(CC2)[C@]2(C([2H])([2H])Oc3nc(N4CCOC[C@H]5[C@H](F)[C@H]54)c4cnc(-c5cc(N)cc6ccc(F)c(C#C)c56)c(F)c4n3)C[C@]([2H])(F)CN12. The lowest BCUT2D eigenvalue weighted by Gasteiger charge is -2.37. The van der Waals surface area contributed by atoms with Gasteiger partial charge in [-0.15, -0.1) is 6.42 Å². The summed E-state index contributed by atoms with van der Waals surface area (Å²) in [7, 11) is 0. The Morgan fingerprint density at radius 2 is 2.09 bits per heavy atom. The summed E-state index contributed by atoms with van der Waals surface area (Å²) in [4.78, 5) is 15.9. The normalized spacial score (nSPS) is 33.6. The molecule has 8 nitrogen and oxygen atoms in total. The van der Waals surface area contributed by atoms with Gasteiger partial charge in [0.1, 0.15) is 41.7 Å². The quantitative estimate of drug-likeness (QED) is 0.179. The Morgan fingerprint density at radius 1 is 1.23 bits per heavy atom. The first kappa shape index (κ1) is 24.0. The van der Waals surface area contributed by atoms with Gasteiger partial charge in [-0.1, -0.05) is 12.0 Å². The van der Waals surface area contributed by atoms with E-state index >= 15 is 13.2 Å². The van der Waals surface area contributed by atoms with Crippen molar-refractivity contribution in [2.75, 3.05) is 50.0 Å². The molecule has 5 aliphatic rings. The number of fused-ring (bicyclic) bond motifs is 5. The van der Waals surface area contributed by atoms with Gasteiger partial charge in [0, 0.05) is 51.0 Å². The predicted molar refractivity (Wildman–Crippen MR) is 168 cm³/mol. The molecule has 5 fully saturated rings. The molecule has 0 radical (unpaired) electrons. The maximum absolute atomic E-state index is 17.1. The highest BCUT2D eigenvalue weighted by Gasteiger charge is 2.68. The van der Waals surface area contributed by atoms with Crippen molar-refractivity contribution in [2.24, 2.45) is 11.3 Å². The zero-order valence-electron chi connectivity index (χ0n) is 30.0. The summed E-state index contributed by atoms with van der Waals surface area (Å²) < 4.78 is 119. The third-order valence-corrected chi connectivity index (χ3v) is 10.5. The van der Waals surface area contributed by atoms with Gasteiger partial charge in [0.25, 0.3) is 0 Å². The van der Waals surface area contributed by atoms with E-state index in [4.69, 9.17) is 25.7 Å². The fourth-order valence-corrected chi connectivity index (χ4v) is 7.82.